The first-order chi connectivity index (χ1) is 12.9. The van der Waals surface area contributed by atoms with Gasteiger partial charge in [-0.25, -0.2) is 4.79 Å². The molecule has 146 valence electrons. The van der Waals surface area contributed by atoms with Crippen LogP contribution in [0.25, 0.3) is 0 Å². The maximum atomic E-state index is 13.4. The lowest BCUT2D eigenvalue weighted by Gasteiger charge is -2.46. The number of nitrogens with one attached hydrogen (secondary N) is 1. The van der Waals surface area contributed by atoms with Gasteiger partial charge in [-0.2, -0.15) is 0 Å². The van der Waals surface area contributed by atoms with Crippen molar-refractivity contribution in [3.05, 3.63) is 35.4 Å². The van der Waals surface area contributed by atoms with Crippen LogP contribution in [0.4, 0.5) is 4.79 Å². The van der Waals surface area contributed by atoms with E-state index >= 15 is 0 Å². The average molecular weight is 370 g/mol. The quantitative estimate of drug-likeness (QED) is 0.823. The molecule has 2 unspecified atom stereocenters. The molecule has 1 aromatic carbocycles. The van der Waals surface area contributed by atoms with Gasteiger partial charge in [0.2, 0.25) is 5.91 Å². The summed E-state index contributed by atoms with van der Waals surface area (Å²) in [7, 11) is 3.61. The van der Waals surface area contributed by atoms with Crippen molar-refractivity contribution in [1.82, 2.24) is 20.0 Å². The molecule has 0 radical (unpaired) electrons. The van der Waals surface area contributed by atoms with Crippen molar-refractivity contribution in [1.29, 1.82) is 0 Å². The first kappa shape index (κ1) is 18.3. The summed E-state index contributed by atoms with van der Waals surface area (Å²) >= 11 is 0. The molecule has 1 N–H and O–H groups in total. The van der Waals surface area contributed by atoms with Crippen molar-refractivity contribution >= 4 is 11.9 Å². The summed E-state index contributed by atoms with van der Waals surface area (Å²) < 4.78 is 0. The molecule has 3 saturated heterocycles. The maximum Gasteiger partial charge on any atom is 0.320 e. The Bertz CT molecular complexity index is 741. The Morgan fingerprint density at radius 2 is 1.89 bits per heavy atom. The van der Waals surface area contributed by atoms with E-state index in [4.69, 9.17) is 0 Å². The van der Waals surface area contributed by atoms with E-state index in [1.807, 2.05) is 17.0 Å². The van der Waals surface area contributed by atoms with Crippen molar-refractivity contribution in [2.75, 3.05) is 40.3 Å². The van der Waals surface area contributed by atoms with Crippen LogP contribution in [0.1, 0.15) is 36.4 Å². The molecular weight excluding hydrogens is 340 g/mol. The number of urea groups is 1. The number of fused-ring (bicyclic) bond motifs is 1. The van der Waals surface area contributed by atoms with Gasteiger partial charge < -0.3 is 20.0 Å². The summed E-state index contributed by atoms with van der Waals surface area (Å²) in [4.78, 5) is 32.1. The molecule has 3 heterocycles. The molecule has 0 aliphatic carbocycles. The SMILES string of the molecule is Cc1ccccc1C1C2CC3(CCNCC3)C(=O)N2CCN1C(=O)N(C)C. The summed E-state index contributed by atoms with van der Waals surface area (Å²) in [6.07, 6.45) is 2.66. The average Bonchev–Trinajstić information content (AvgIpc) is 2.93. The number of benzene rings is 1. The van der Waals surface area contributed by atoms with E-state index in [0.29, 0.717) is 19.0 Å². The normalized spacial score (nSPS) is 27.0. The third-order valence-electron chi connectivity index (χ3n) is 6.69. The Morgan fingerprint density at radius 1 is 1.19 bits per heavy atom. The van der Waals surface area contributed by atoms with Crippen molar-refractivity contribution in [2.24, 2.45) is 5.41 Å². The van der Waals surface area contributed by atoms with Gasteiger partial charge >= 0.3 is 6.03 Å². The Kier molecular flexibility index (Phi) is 4.62. The number of hydrogen-bond acceptors (Lipinski definition) is 3. The molecule has 6 nitrogen and oxygen atoms in total. The Hall–Kier alpha value is -2.08. The summed E-state index contributed by atoms with van der Waals surface area (Å²) in [5, 5.41) is 3.39. The molecule has 3 fully saturated rings. The van der Waals surface area contributed by atoms with E-state index in [1.54, 1.807) is 19.0 Å². The van der Waals surface area contributed by atoms with Crippen LogP contribution in [0.15, 0.2) is 24.3 Å². The molecule has 0 bridgehead atoms. The smallest absolute Gasteiger partial charge is 0.320 e. The summed E-state index contributed by atoms with van der Waals surface area (Å²) in [5.41, 5.74) is 2.11. The van der Waals surface area contributed by atoms with Gasteiger partial charge in [0.05, 0.1) is 17.5 Å². The first-order valence-corrected chi connectivity index (χ1v) is 10.00. The Balaban J connectivity index is 1.75. The zero-order chi connectivity index (χ0) is 19.2. The van der Waals surface area contributed by atoms with E-state index in [-0.39, 0.29) is 23.5 Å². The van der Waals surface area contributed by atoms with E-state index in [2.05, 4.69) is 29.3 Å². The topological polar surface area (TPSA) is 55.9 Å². The van der Waals surface area contributed by atoms with E-state index in [1.165, 1.54) is 11.1 Å². The minimum absolute atomic E-state index is 0.0293. The second kappa shape index (κ2) is 6.82. The first-order valence-electron chi connectivity index (χ1n) is 10.00. The number of rotatable bonds is 1. The summed E-state index contributed by atoms with van der Waals surface area (Å²) in [6.45, 7) is 5.14. The predicted octanol–water partition coefficient (Wildman–Crippen LogP) is 2.00. The van der Waals surface area contributed by atoms with E-state index in [0.717, 1.165) is 32.4 Å². The lowest BCUT2D eigenvalue weighted by molar-refractivity contribution is -0.139. The number of piperidine rings is 1. The van der Waals surface area contributed by atoms with Gasteiger partial charge in [0.15, 0.2) is 0 Å². The molecule has 1 spiro atoms. The fraction of sp³-hybridized carbons (Fsp3) is 0.619. The number of carbonyl (C=O) groups is 2. The predicted molar refractivity (Wildman–Crippen MR) is 104 cm³/mol. The van der Waals surface area contributed by atoms with Crippen LogP contribution in [-0.4, -0.2) is 73.0 Å². The highest BCUT2D eigenvalue weighted by Gasteiger charge is 2.56. The lowest BCUT2D eigenvalue weighted by atomic mass is 9.75. The minimum Gasteiger partial charge on any atom is -0.335 e. The van der Waals surface area contributed by atoms with Crippen LogP contribution in [0.3, 0.4) is 0 Å². The second-order valence-electron chi connectivity index (χ2n) is 8.47. The van der Waals surface area contributed by atoms with Crippen molar-refractivity contribution in [2.45, 2.75) is 38.3 Å². The zero-order valence-electron chi connectivity index (χ0n) is 16.6. The lowest BCUT2D eigenvalue weighted by Crippen LogP contribution is -2.57. The van der Waals surface area contributed by atoms with Gasteiger partial charge in [0.1, 0.15) is 0 Å². The third kappa shape index (κ3) is 2.90. The highest BCUT2D eigenvalue weighted by Crippen LogP contribution is 2.49. The number of nitrogens with zero attached hydrogens (tertiary/aromatic N) is 3. The number of piperazine rings is 1. The fourth-order valence-electron chi connectivity index (χ4n) is 5.25. The van der Waals surface area contributed by atoms with Gasteiger partial charge in [0.25, 0.3) is 0 Å². The molecule has 3 aliphatic rings. The highest BCUT2D eigenvalue weighted by atomic mass is 16.2. The molecular formula is C21H30N4O2. The number of amides is 3. The molecule has 27 heavy (non-hydrogen) atoms. The second-order valence-corrected chi connectivity index (χ2v) is 8.47. The van der Waals surface area contributed by atoms with Gasteiger partial charge in [-0.15, -0.1) is 0 Å². The molecule has 2 atom stereocenters. The van der Waals surface area contributed by atoms with Crippen LogP contribution in [0, 0.1) is 12.3 Å². The Labute approximate surface area is 161 Å². The summed E-state index contributed by atoms with van der Waals surface area (Å²) in [6, 6.07) is 8.31. The Morgan fingerprint density at radius 3 is 2.56 bits per heavy atom. The largest absolute Gasteiger partial charge is 0.335 e. The molecule has 0 saturated carbocycles. The van der Waals surface area contributed by atoms with E-state index in [9.17, 15) is 9.59 Å². The van der Waals surface area contributed by atoms with Gasteiger partial charge in [0, 0.05) is 27.2 Å². The molecule has 1 aromatic rings. The zero-order valence-corrected chi connectivity index (χ0v) is 16.6. The summed E-state index contributed by atoms with van der Waals surface area (Å²) in [5.74, 6) is 0.310. The minimum atomic E-state index is -0.242. The van der Waals surface area contributed by atoms with E-state index < -0.39 is 0 Å². The van der Waals surface area contributed by atoms with Crippen LogP contribution < -0.4 is 5.32 Å². The van der Waals surface area contributed by atoms with Crippen LogP contribution in [0.5, 0.6) is 0 Å². The molecule has 3 amide bonds. The van der Waals surface area contributed by atoms with Gasteiger partial charge in [-0.05, 0) is 50.4 Å². The van der Waals surface area contributed by atoms with Crippen molar-refractivity contribution < 1.29 is 9.59 Å². The third-order valence-corrected chi connectivity index (χ3v) is 6.69. The van der Waals surface area contributed by atoms with Gasteiger partial charge in [-0.3, -0.25) is 4.79 Å². The van der Waals surface area contributed by atoms with Crippen LogP contribution in [-0.2, 0) is 4.79 Å². The maximum absolute atomic E-state index is 13.4. The number of hydrogen-bond donors (Lipinski definition) is 1. The van der Waals surface area contributed by atoms with Crippen LogP contribution in [0.2, 0.25) is 0 Å². The van der Waals surface area contributed by atoms with Crippen LogP contribution >= 0.6 is 0 Å². The highest BCUT2D eigenvalue weighted by molar-refractivity contribution is 5.86. The fourth-order valence-corrected chi connectivity index (χ4v) is 5.25. The monoisotopic (exact) mass is 370 g/mol. The standard InChI is InChI=1S/C21H30N4O2/c1-15-6-4-5-7-16(15)18-17-14-21(8-10-22-11-9-21)19(26)24(17)12-13-25(18)20(27)23(2)3/h4-7,17-18,22H,8-14H2,1-3H3. The van der Waals surface area contributed by atoms with Crippen molar-refractivity contribution in [3.63, 3.8) is 0 Å². The molecule has 3 aliphatic heterocycles. The van der Waals surface area contributed by atoms with Gasteiger partial charge in [-0.1, -0.05) is 24.3 Å². The van der Waals surface area contributed by atoms with Crippen molar-refractivity contribution in [3.8, 4) is 0 Å². The molecule has 4 rings (SSSR count). The molecule has 0 aromatic heterocycles. The number of aryl methyl sites for hydroxylation is 1. The molecule has 6 heteroatoms. The number of carbonyl (C=O) groups excluding carboxylic acids is 2.